The molecule has 0 saturated heterocycles. The highest BCUT2D eigenvalue weighted by atomic mass is 79.9. The number of aromatic nitrogens is 2. The van der Waals surface area contributed by atoms with Gasteiger partial charge in [-0.2, -0.15) is 0 Å². The van der Waals surface area contributed by atoms with E-state index in [9.17, 15) is 3.89 Å². The normalized spacial score (nSPS) is 11.1. The molecule has 2 nitrogen and oxygen atoms in total. The summed E-state index contributed by atoms with van der Waals surface area (Å²) in [5.41, 5.74) is 0.413. The van der Waals surface area contributed by atoms with Crippen molar-refractivity contribution in [3.63, 3.8) is 0 Å². The van der Waals surface area contributed by atoms with E-state index >= 15 is 0 Å². The molecule has 2 aromatic heterocycles. The van der Waals surface area contributed by atoms with Gasteiger partial charge >= 0.3 is 0 Å². The molecule has 2 heterocycles. The predicted molar refractivity (Wildman–Crippen MR) is 61.5 cm³/mol. The van der Waals surface area contributed by atoms with E-state index < -0.39 is 0 Å². The molecule has 7 heteroatoms. The molecular formula is C7H2BrCl2FN2S. The standard InChI is InChI=1S/C7H2BrCl2FN2S/c8-3-1-12-7-5(6(3)10)4(9)2-13(7)14-11/h1-2H. The summed E-state index contributed by atoms with van der Waals surface area (Å²) in [5.74, 6) is 0. The Morgan fingerprint density at radius 3 is 2.86 bits per heavy atom. The van der Waals surface area contributed by atoms with E-state index in [1.54, 1.807) is 0 Å². The van der Waals surface area contributed by atoms with Gasteiger partial charge in [0.05, 0.1) is 19.9 Å². The fourth-order valence-electron chi connectivity index (χ4n) is 1.12. The second kappa shape index (κ2) is 3.89. The minimum atomic E-state index is 0.0295. The van der Waals surface area contributed by atoms with E-state index in [1.165, 1.54) is 16.4 Å². The van der Waals surface area contributed by atoms with Gasteiger partial charge in [-0.15, -0.1) is 3.89 Å². The van der Waals surface area contributed by atoms with Crippen molar-refractivity contribution < 1.29 is 3.89 Å². The third kappa shape index (κ3) is 1.52. The Balaban J connectivity index is 2.89. The minimum Gasteiger partial charge on any atom is -0.246 e. The Kier molecular flexibility index (Phi) is 2.93. The van der Waals surface area contributed by atoms with E-state index in [2.05, 4.69) is 20.9 Å². The first-order valence-corrected chi connectivity index (χ1v) is 5.67. The number of rotatable bonds is 1. The number of hydrogen-bond acceptors (Lipinski definition) is 2. The van der Waals surface area contributed by atoms with Gasteiger partial charge in [-0.05, 0) is 15.9 Å². The number of pyridine rings is 1. The van der Waals surface area contributed by atoms with Gasteiger partial charge in [-0.3, -0.25) is 0 Å². The average molecular weight is 316 g/mol. The van der Waals surface area contributed by atoms with Gasteiger partial charge < -0.3 is 0 Å². The number of hydrogen-bond donors (Lipinski definition) is 0. The molecule has 0 N–H and O–H groups in total. The zero-order valence-electron chi connectivity index (χ0n) is 6.47. The summed E-state index contributed by atoms with van der Waals surface area (Å²) in [7, 11) is 0. The summed E-state index contributed by atoms with van der Waals surface area (Å²) < 4.78 is 14.3. The Bertz CT molecular complexity index is 502. The maximum Gasteiger partial charge on any atom is 0.171 e. The van der Waals surface area contributed by atoms with Gasteiger partial charge in [0.15, 0.2) is 18.0 Å². The summed E-state index contributed by atoms with van der Waals surface area (Å²) in [6, 6.07) is 0. The summed E-state index contributed by atoms with van der Waals surface area (Å²) >= 11 is 15.1. The first kappa shape index (κ1) is 10.5. The summed E-state index contributed by atoms with van der Waals surface area (Å²) in [6.07, 6.45) is 2.94. The van der Waals surface area contributed by atoms with Crippen LogP contribution in [-0.4, -0.2) is 8.96 Å². The van der Waals surface area contributed by atoms with Crippen LogP contribution in [0.3, 0.4) is 0 Å². The SMILES string of the molecule is FSn1cc(Cl)c2c(Cl)c(Br)cnc21. The topological polar surface area (TPSA) is 17.8 Å². The third-order valence-corrected chi connectivity index (χ3v) is 3.64. The molecule has 0 amide bonds. The molecule has 0 spiro atoms. The van der Waals surface area contributed by atoms with Gasteiger partial charge in [0, 0.05) is 12.4 Å². The fraction of sp³-hybridized carbons (Fsp3) is 0. The molecule has 0 saturated carbocycles. The molecule has 2 aromatic rings. The van der Waals surface area contributed by atoms with Crippen LogP contribution in [0.2, 0.25) is 10.0 Å². The van der Waals surface area contributed by atoms with Crippen molar-refractivity contribution in [3.8, 4) is 0 Å². The molecular weight excluding hydrogens is 314 g/mol. The second-order valence-electron chi connectivity index (χ2n) is 2.49. The number of nitrogens with zero attached hydrogens (tertiary/aromatic N) is 2. The maximum atomic E-state index is 12.4. The van der Waals surface area contributed by atoms with Gasteiger partial charge in [-0.25, -0.2) is 8.96 Å². The van der Waals surface area contributed by atoms with E-state index in [1.807, 2.05) is 0 Å². The Hall–Kier alpha value is 0.0300. The first-order chi connectivity index (χ1) is 6.65. The van der Waals surface area contributed by atoms with Crippen molar-refractivity contribution in [2.75, 3.05) is 0 Å². The highest BCUT2D eigenvalue weighted by Crippen LogP contribution is 2.36. The van der Waals surface area contributed by atoms with Gasteiger partial charge in [0.1, 0.15) is 0 Å². The Morgan fingerprint density at radius 1 is 1.50 bits per heavy atom. The molecule has 0 bridgehead atoms. The molecule has 0 aromatic carbocycles. The van der Waals surface area contributed by atoms with E-state index in [0.717, 1.165) is 0 Å². The Labute approximate surface area is 102 Å². The van der Waals surface area contributed by atoms with Crippen molar-refractivity contribution in [1.82, 2.24) is 8.96 Å². The summed E-state index contributed by atoms with van der Waals surface area (Å²) in [6.45, 7) is 0. The van der Waals surface area contributed by atoms with E-state index in [-0.39, 0.29) is 12.3 Å². The largest absolute Gasteiger partial charge is 0.246 e. The van der Waals surface area contributed by atoms with Crippen LogP contribution >= 0.6 is 51.5 Å². The molecule has 0 aliphatic heterocycles. The lowest BCUT2D eigenvalue weighted by atomic mass is 10.3. The Morgan fingerprint density at radius 2 is 2.21 bits per heavy atom. The molecule has 2 rings (SSSR count). The average Bonchev–Trinajstić information content (AvgIpc) is 2.49. The van der Waals surface area contributed by atoms with Crippen LogP contribution in [0.25, 0.3) is 11.0 Å². The molecule has 0 aliphatic carbocycles. The van der Waals surface area contributed by atoms with Crippen LogP contribution in [0.5, 0.6) is 0 Å². The van der Waals surface area contributed by atoms with Crippen LogP contribution in [0, 0.1) is 0 Å². The molecule has 0 unspecified atom stereocenters. The van der Waals surface area contributed by atoms with Gasteiger partial charge in [-0.1, -0.05) is 23.2 Å². The smallest absolute Gasteiger partial charge is 0.171 e. The summed E-state index contributed by atoms with van der Waals surface area (Å²) in [4.78, 5) is 4.02. The zero-order valence-corrected chi connectivity index (χ0v) is 10.4. The van der Waals surface area contributed by atoms with Crippen molar-refractivity contribution >= 4 is 62.5 Å². The van der Waals surface area contributed by atoms with E-state index in [0.29, 0.717) is 25.6 Å². The van der Waals surface area contributed by atoms with Crippen molar-refractivity contribution in [2.45, 2.75) is 0 Å². The lowest BCUT2D eigenvalue weighted by Gasteiger charge is -1.98. The highest BCUT2D eigenvalue weighted by Gasteiger charge is 2.14. The molecule has 0 atom stereocenters. The van der Waals surface area contributed by atoms with Crippen molar-refractivity contribution in [1.29, 1.82) is 0 Å². The maximum absolute atomic E-state index is 12.4. The van der Waals surface area contributed by atoms with Gasteiger partial charge in [0.25, 0.3) is 0 Å². The lowest BCUT2D eigenvalue weighted by molar-refractivity contribution is 0.919. The minimum absolute atomic E-state index is 0.0295. The molecule has 0 fully saturated rings. The molecule has 14 heavy (non-hydrogen) atoms. The number of fused-ring (bicyclic) bond motifs is 1. The van der Waals surface area contributed by atoms with Gasteiger partial charge in [0.2, 0.25) is 0 Å². The lowest BCUT2D eigenvalue weighted by Crippen LogP contribution is -1.84. The molecule has 0 aliphatic rings. The number of halogens is 4. The third-order valence-electron chi connectivity index (χ3n) is 1.71. The van der Waals surface area contributed by atoms with Crippen LogP contribution in [0.1, 0.15) is 0 Å². The quantitative estimate of drug-likeness (QED) is 0.772. The van der Waals surface area contributed by atoms with Crippen LogP contribution in [0.4, 0.5) is 3.89 Å². The van der Waals surface area contributed by atoms with Crippen LogP contribution in [-0.2, 0) is 0 Å². The summed E-state index contributed by atoms with van der Waals surface area (Å²) in [5, 5.41) is 1.37. The zero-order chi connectivity index (χ0) is 10.3. The van der Waals surface area contributed by atoms with Crippen LogP contribution < -0.4 is 0 Å². The van der Waals surface area contributed by atoms with Crippen molar-refractivity contribution in [3.05, 3.63) is 26.9 Å². The van der Waals surface area contributed by atoms with Crippen molar-refractivity contribution in [2.24, 2.45) is 0 Å². The first-order valence-electron chi connectivity index (χ1n) is 3.44. The predicted octanol–water partition coefficient (Wildman–Crippen LogP) is 4.49. The fourth-order valence-corrected chi connectivity index (χ4v) is 2.38. The van der Waals surface area contributed by atoms with E-state index in [4.69, 9.17) is 23.2 Å². The monoisotopic (exact) mass is 314 g/mol. The van der Waals surface area contributed by atoms with Crippen LogP contribution in [0.15, 0.2) is 16.9 Å². The second-order valence-corrected chi connectivity index (χ2v) is 4.66. The molecule has 0 radical (unpaired) electrons. The molecule has 74 valence electrons. The highest BCUT2D eigenvalue weighted by molar-refractivity contribution is 9.10.